The molecule has 0 saturated heterocycles. The average molecular weight is 148 g/mol. The summed E-state index contributed by atoms with van der Waals surface area (Å²) < 4.78 is 0. The van der Waals surface area contributed by atoms with Crippen molar-refractivity contribution in [3.05, 3.63) is 23.5 Å². The molecule has 0 bridgehead atoms. The van der Waals surface area contributed by atoms with Crippen LogP contribution in [0.2, 0.25) is 0 Å². The van der Waals surface area contributed by atoms with Crippen LogP contribution < -0.4 is 0 Å². The predicted octanol–water partition coefficient (Wildman–Crippen LogP) is 0.996. The van der Waals surface area contributed by atoms with Gasteiger partial charge in [0.1, 0.15) is 5.69 Å². The number of carbonyl (C=O) groups excluding carboxylic acids is 1. The first-order chi connectivity index (χ1) is 5.38. The molecule has 0 fully saturated rings. The third kappa shape index (κ3) is 1.02. The first-order valence-corrected chi connectivity index (χ1v) is 3.72. The molecule has 1 aliphatic carbocycles. The summed E-state index contributed by atoms with van der Waals surface area (Å²) in [4.78, 5) is 11.2. The van der Waals surface area contributed by atoms with Gasteiger partial charge in [-0.25, -0.2) is 0 Å². The van der Waals surface area contributed by atoms with E-state index in [0.29, 0.717) is 12.1 Å². The maximum Gasteiger partial charge on any atom is 0.183 e. The molecule has 0 radical (unpaired) electrons. The van der Waals surface area contributed by atoms with Crippen LogP contribution in [0.25, 0.3) is 0 Å². The second kappa shape index (κ2) is 2.42. The molecule has 1 aromatic heterocycles. The van der Waals surface area contributed by atoms with Crippen LogP contribution in [0.1, 0.15) is 28.9 Å². The van der Waals surface area contributed by atoms with Gasteiger partial charge in [0.2, 0.25) is 0 Å². The molecule has 1 aliphatic rings. The van der Waals surface area contributed by atoms with Crippen LogP contribution in [-0.2, 0) is 6.42 Å². The van der Waals surface area contributed by atoms with Crippen molar-refractivity contribution in [1.29, 1.82) is 0 Å². The Balaban J connectivity index is 2.52. The van der Waals surface area contributed by atoms with E-state index in [1.165, 1.54) is 0 Å². The quantitative estimate of drug-likeness (QED) is 0.551. The number of hydrogen-bond acceptors (Lipinski definition) is 3. The molecule has 0 atom stereocenters. The van der Waals surface area contributed by atoms with Gasteiger partial charge in [0, 0.05) is 12.6 Å². The van der Waals surface area contributed by atoms with E-state index < -0.39 is 0 Å². The zero-order chi connectivity index (χ0) is 7.68. The molecule has 0 unspecified atom stereocenters. The molecular formula is C8H8N2O. The zero-order valence-corrected chi connectivity index (χ0v) is 6.08. The van der Waals surface area contributed by atoms with Gasteiger partial charge < -0.3 is 0 Å². The number of Topliss-reactive ketones (excluding diaryl/α,β-unsaturated/α-hetero) is 1. The molecule has 3 heteroatoms. The predicted molar refractivity (Wildman–Crippen MR) is 39.3 cm³/mol. The number of fused-ring (bicyclic) bond motifs is 1. The number of nitrogens with zero attached hydrogens (tertiary/aromatic N) is 2. The fourth-order valence-electron chi connectivity index (χ4n) is 1.35. The summed E-state index contributed by atoms with van der Waals surface area (Å²) in [5, 5.41) is 7.48. The second-order valence-electron chi connectivity index (χ2n) is 2.68. The SMILES string of the molecule is O=C1CCCc2ccnnc21. The Morgan fingerprint density at radius 3 is 3.09 bits per heavy atom. The summed E-state index contributed by atoms with van der Waals surface area (Å²) in [5.41, 5.74) is 1.63. The monoisotopic (exact) mass is 148 g/mol. The highest BCUT2D eigenvalue weighted by molar-refractivity contribution is 5.96. The average Bonchev–Trinajstić information content (AvgIpc) is 2.06. The molecule has 0 N–H and O–H groups in total. The van der Waals surface area contributed by atoms with Crippen LogP contribution in [0.15, 0.2) is 12.3 Å². The lowest BCUT2D eigenvalue weighted by atomic mass is 9.96. The Hall–Kier alpha value is -1.25. The van der Waals surface area contributed by atoms with Gasteiger partial charge in [-0.05, 0) is 24.5 Å². The van der Waals surface area contributed by atoms with E-state index in [1.807, 2.05) is 6.07 Å². The smallest absolute Gasteiger partial charge is 0.183 e. The van der Waals surface area contributed by atoms with Gasteiger partial charge in [-0.15, -0.1) is 5.10 Å². The number of rotatable bonds is 0. The molecule has 3 nitrogen and oxygen atoms in total. The van der Waals surface area contributed by atoms with Crippen molar-refractivity contribution in [2.75, 3.05) is 0 Å². The van der Waals surface area contributed by atoms with Crippen LogP contribution >= 0.6 is 0 Å². The number of ketones is 1. The van der Waals surface area contributed by atoms with E-state index in [1.54, 1.807) is 6.20 Å². The summed E-state index contributed by atoms with van der Waals surface area (Å²) >= 11 is 0. The minimum Gasteiger partial charge on any atom is -0.292 e. The molecule has 0 amide bonds. The molecule has 56 valence electrons. The van der Waals surface area contributed by atoms with Crippen molar-refractivity contribution in [1.82, 2.24) is 10.2 Å². The first kappa shape index (κ1) is 6.46. The van der Waals surface area contributed by atoms with Crippen molar-refractivity contribution in [3.63, 3.8) is 0 Å². The second-order valence-corrected chi connectivity index (χ2v) is 2.68. The van der Waals surface area contributed by atoms with Crippen molar-refractivity contribution in [3.8, 4) is 0 Å². The van der Waals surface area contributed by atoms with E-state index >= 15 is 0 Å². The van der Waals surface area contributed by atoms with Gasteiger partial charge in [-0.2, -0.15) is 5.10 Å². The Morgan fingerprint density at radius 1 is 1.36 bits per heavy atom. The molecule has 0 aromatic carbocycles. The van der Waals surface area contributed by atoms with Gasteiger partial charge in [0.05, 0.1) is 0 Å². The fraction of sp³-hybridized carbons (Fsp3) is 0.375. The van der Waals surface area contributed by atoms with Gasteiger partial charge in [-0.1, -0.05) is 0 Å². The normalized spacial score (nSPS) is 16.2. The van der Waals surface area contributed by atoms with Crippen molar-refractivity contribution >= 4 is 5.78 Å². The Morgan fingerprint density at radius 2 is 2.27 bits per heavy atom. The van der Waals surface area contributed by atoms with E-state index in [0.717, 1.165) is 18.4 Å². The van der Waals surface area contributed by atoms with Gasteiger partial charge >= 0.3 is 0 Å². The van der Waals surface area contributed by atoms with E-state index in [4.69, 9.17) is 0 Å². The number of aromatic nitrogens is 2. The third-order valence-electron chi connectivity index (χ3n) is 1.92. The Labute approximate surface area is 64.5 Å². The summed E-state index contributed by atoms with van der Waals surface area (Å²) in [5.74, 6) is 0.138. The van der Waals surface area contributed by atoms with E-state index in [-0.39, 0.29) is 5.78 Å². The molecule has 11 heavy (non-hydrogen) atoms. The highest BCUT2D eigenvalue weighted by Gasteiger charge is 2.17. The minimum atomic E-state index is 0.138. The standard InChI is InChI=1S/C8H8N2O/c11-7-3-1-2-6-4-5-9-10-8(6)7/h4-5H,1-3H2. The molecule has 0 aliphatic heterocycles. The van der Waals surface area contributed by atoms with Gasteiger partial charge in [-0.3, -0.25) is 4.79 Å². The van der Waals surface area contributed by atoms with Crippen LogP contribution in [0.3, 0.4) is 0 Å². The van der Waals surface area contributed by atoms with Crippen LogP contribution in [-0.4, -0.2) is 16.0 Å². The van der Waals surface area contributed by atoms with Crippen molar-refractivity contribution < 1.29 is 4.79 Å². The fourth-order valence-corrected chi connectivity index (χ4v) is 1.35. The lowest BCUT2D eigenvalue weighted by Gasteiger charge is -2.10. The summed E-state index contributed by atoms with van der Waals surface area (Å²) in [6, 6.07) is 1.87. The molecule has 0 spiro atoms. The Kier molecular flexibility index (Phi) is 1.42. The van der Waals surface area contributed by atoms with E-state index in [2.05, 4.69) is 10.2 Å². The molecule has 2 rings (SSSR count). The summed E-state index contributed by atoms with van der Waals surface area (Å²) in [6.45, 7) is 0. The lowest BCUT2D eigenvalue weighted by Crippen LogP contribution is -2.13. The van der Waals surface area contributed by atoms with Crippen LogP contribution in [0.4, 0.5) is 0 Å². The molecular weight excluding hydrogens is 140 g/mol. The van der Waals surface area contributed by atoms with Crippen LogP contribution in [0.5, 0.6) is 0 Å². The van der Waals surface area contributed by atoms with Gasteiger partial charge in [0.15, 0.2) is 5.78 Å². The van der Waals surface area contributed by atoms with Crippen molar-refractivity contribution in [2.45, 2.75) is 19.3 Å². The molecule has 1 heterocycles. The van der Waals surface area contributed by atoms with Crippen LogP contribution in [0, 0.1) is 0 Å². The molecule has 1 aromatic rings. The summed E-state index contributed by atoms with van der Waals surface area (Å²) in [7, 11) is 0. The highest BCUT2D eigenvalue weighted by atomic mass is 16.1. The zero-order valence-electron chi connectivity index (χ0n) is 6.08. The topological polar surface area (TPSA) is 42.9 Å². The number of hydrogen-bond donors (Lipinski definition) is 0. The van der Waals surface area contributed by atoms with E-state index in [9.17, 15) is 4.79 Å². The number of carbonyl (C=O) groups is 1. The van der Waals surface area contributed by atoms with Gasteiger partial charge in [0.25, 0.3) is 0 Å². The summed E-state index contributed by atoms with van der Waals surface area (Å²) in [6.07, 6.45) is 4.19. The first-order valence-electron chi connectivity index (χ1n) is 3.72. The molecule has 0 saturated carbocycles. The van der Waals surface area contributed by atoms with Crippen molar-refractivity contribution in [2.24, 2.45) is 0 Å². The number of aryl methyl sites for hydroxylation is 1. The maximum absolute atomic E-state index is 11.2. The lowest BCUT2D eigenvalue weighted by molar-refractivity contribution is 0.0966. The minimum absolute atomic E-state index is 0.138. The Bertz CT molecular complexity index is 296. The third-order valence-corrected chi connectivity index (χ3v) is 1.92. The maximum atomic E-state index is 11.2. The highest BCUT2D eigenvalue weighted by Crippen LogP contribution is 2.17. The largest absolute Gasteiger partial charge is 0.292 e.